The van der Waals surface area contributed by atoms with Gasteiger partial charge in [0.2, 0.25) is 0 Å². The van der Waals surface area contributed by atoms with Crippen molar-refractivity contribution in [2.24, 2.45) is 11.8 Å². The van der Waals surface area contributed by atoms with Gasteiger partial charge in [-0.15, -0.1) is 0 Å². The number of carbonyl (C=O) groups is 3. The van der Waals surface area contributed by atoms with E-state index in [1.807, 2.05) is 24.3 Å². The Kier molecular flexibility index (Phi) is 6.92. The maximum absolute atomic E-state index is 13.2. The third kappa shape index (κ3) is 4.80. The Morgan fingerprint density at radius 2 is 1.47 bits per heavy atom. The van der Waals surface area contributed by atoms with Crippen LogP contribution < -0.4 is 0 Å². The quantitative estimate of drug-likeness (QED) is 0.409. The molecule has 1 heterocycles. The van der Waals surface area contributed by atoms with Gasteiger partial charge in [0.05, 0.1) is 17.0 Å². The van der Waals surface area contributed by atoms with Crippen LogP contribution in [0.15, 0.2) is 72.8 Å². The maximum atomic E-state index is 13.2. The molecule has 3 atom stereocenters. The summed E-state index contributed by atoms with van der Waals surface area (Å²) in [6.07, 6.45) is 2.23. The number of fused-ring (bicyclic) bond motifs is 1. The zero-order valence-electron chi connectivity index (χ0n) is 19.6. The molecule has 1 fully saturated rings. The Balaban J connectivity index is 1.18. The number of nitrogens with zero attached hydrogens (tertiary/aromatic N) is 1. The Labute approximate surface area is 213 Å². The molecular weight excluding hydrogens is 477 g/mol. The average Bonchev–Trinajstić information content (AvgIpc) is 3.40. The van der Waals surface area contributed by atoms with E-state index in [4.69, 9.17) is 0 Å². The van der Waals surface area contributed by atoms with Crippen molar-refractivity contribution in [3.8, 4) is 11.1 Å². The summed E-state index contributed by atoms with van der Waals surface area (Å²) in [5.74, 6) is -1.86. The predicted molar refractivity (Wildman–Crippen MR) is 137 cm³/mol. The molecule has 184 valence electrons. The lowest BCUT2D eigenvalue weighted by Gasteiger charge is -2.24. The van der Waals surface area contributed by atoms with E-state index in [2.05, 4.69) is 0 Å². The van der Waals surface area contributed by atoms with E-state index >= 15 is 0 Å². The molecule has 0 unspecified atom stereocenters. The van der Waals surface area contributed by atoms with Crippen LogP contribution in [-0.4, -0.2) is 45.3 Å². The number of thioether (sulfide) groups is 1. The number of carboxylic acid groups (broad SMARTS) is 1. The second-order valence-electron chi connectivity index (χ2n) is 9.33. The zero-order chi connectivity index (χ0) is 25.2. The molecule has 3 aromatic carbocycles. The van der Waals surface area contributed by atoms with E-state index in [0.29, 0.717) is 17.5 Å². The summed E-state index contributed by atoms with van der Waals surface area (Å²) in [5.41, 5.74) is 3.91. The summed E-state index contributed by atoms with van der Waals surface area (Å²) in [6, 6.07) is 21.3. The molecule has 0 aromatic heterocycles. The topological polar surface area (TPSA) is 74.7 Å². The Morgan fingerprint density at radius 3 is 2.06 bits per heavy atom. The van der Waals surface area contributed by atoms with E-state index in [1.165, 1.54) is 17.0 Å². The van der Waals surface area contributed by atoms with Crippen molar-refractivity contribution in [3.05, 3.63) is 95.3 Å². The van der Waals surface area contributed by atoms with Crippen LogP contribution >= 0.6 is 11.8 Å². The Hall–Kier alpha value is -3.45. The maximum Gasteiger partial charge on any atom is 0.307 e. The number of rotatable bonds is 8. The molecule has 0 spiro atoms. The van der Waals surface area contributed by atoms with Crippen LogP contribution in [0.2, 0.25) is 0 Å². The zero-order valence-corrected chi connectivity index (χ0v) is 20.4. The lowest BCUT2D eigenvalue weighted by molar-refractivity contribution is -0.142. The van der Waals surface area contributed by atoms with Crippen LogP contribution in [0.1, 0.15) is 39.1 Å². The lowest BCUT2D eigenvalue weighted by Crippen LogP contribution is -2.38. The van der Waals surface area contributed by atoms with Gasteiger partial charge in [0.25, 0.3) is 11.8 Å². The molecule has 5 nitrogen and oxygen atoms in total. The number of benzene rings is 3. The first-order valence-electron chi connectivity index (χ1n) is 12.1. The molecule has 1 saturated carbocycles. The number of hydrogen-bond donors (Lipinski definition) is 1. The molecule has 2 amide bonds. The second-order valence-corrected chi connectivity index (χ2v) is 10.7. The smallest absolute Gasteiger partial charge is 0.307 e. The molecule has 0 bridgehead atoms. The molecule has 0 radical (unpaired) electrons. The van der Waals surface area contributed by atoms with Gasteiger partial charge < -0.3 is 5.11 Å². The lowest BCUT2D eigenvalue weighted by atomic mass is 9.95. The molecule has 1 aliphatic heterocycles. The molecule has 7 heteroatoms. The molecule has 1 N–H and O–H groups in total. The molecule has 2 aliphatic rings. The van der Waals surface area contributed by atoms with Gasteiger partial charge in [-0.05, 0) is 71.9 Å². The fourth-order valence-corrected chi connectivity index (χ4v) is 6.77. The third-order valence-corrected chi connectivity index (χ3v) is 8.56. The van der Waals surface area contributed by atoms with Gasteiger partial charge >= 0.3 is 5.97 Å². The highest BCUT2D eigenvalue weighted by molar-refractivity contribution is 7.99. The molecule has 0 saturated heterocycles. The SMILES string of the molecule is O=C(O)[C@@H]1[C@@H](CN2C(=O)c3ccccc3C2=O)CC[C@H]1SCCc1ccc(-c2ccc(F)cc2)cc1. The highest BCUT2D eigenvalue weighted by Gasteiger charge is 2.45. The normalized spacial score (nSPS) is 21.1. The summed E-state index contributed by atoms with van der Waals surface area (Å²) in [4.78, 5) is 38.9. The van der Waals surface area contributed by atoms with E-state index in [1.54, 1.807) is 48.2 Å². The number of aryl methyl sites for hydroxylation is 1. The van der Waals surface area contributed by atoms with Crippen LogP contribution in [0, 0.1) is 17.7 Å². The van der Waals surface area contributed by atoms with Crippen molar-refractivity contribution in [3.63, 3.8) is 0 Å². The van der Waals surface area contributed by atoms with Gasteiger partial charge in [-0.2, -0.15) is 11.8 Å². The van der Waals surface area contributed by atoms with Crippen molar-refractivity contribution in [2.45, 2.75) is 24.5 Å². The van der Waals surface area contributed by atoms with Crippen LogP contribution in [-0.2, 0) is 11.2 Å². The monoisotopic (exact) mass is 503 g/mol. The standard InChI is InChI=1S/C29H26FNO4S/c30-22-12-9-20(10-13-22)19-7-5-18(6-8-19)15-16-36-25-14-11-21(26(25)29(34)35)17-31-27(32)23-3-1-2-4-24(23)28(31)33/h1-10,12-13,21,25-26H,11,14-17H2,(H,34,35)/t21-,25-,26-/m1/s1. The number of aliphatic carboxylic acids is 1. The van der Waals surface area contributed by atoms with Crippen molar-refractivity contribution in [1.82, 2.24) is 4.90 Å². The highest BCUT2D eigenvalue weighted by Crippen LogP contribution is 2.41. The van der Waals surface area contributed by atoms with Crippen molar-refractivity contribution >= 4 is 29.5 Å². The number of carbonyl (C=O) groups excluding carboxylic acids is 2. The van der Waals surface area contributed by atoms with Crippen molar-refractivity contribution < 1.29 is 23.9 Å². The van der Waals surface area contributed by atoms with Crippen LogP contribution in [0.3, 0.4) is 0 Å². The van der Waals surface area contributed by atoms with Gasteiger partial charge in [-0.3, -0.25) is 19.3 Å². The largest absolute Gasteiger partial charge is 0.481 e. The minimum Gasteiger partial charge on any atom is -0.481 e. The molecule has 1 aliphatic carbocycles. The minimum absolute atomic E-state index is 0.0545. The molecule has 36 heavy (non-hydrogen) atoms. The van der Waals surface area contributed by atoms with Gasteiger partial charge in [0.1, 0.15) is 5.82 Å². The van der Waals surface area contributed by atoms with Crippen LogP contribution in [0.4, 0.5) is 4.39 Å². The number of halogens is 1. The summed E-state index contributed by atoms with van der Waals surface area (Å²) < 4.78 is 13.2. The second kappa shape index (κ2) is 10.3. The first-order valence-corrected chi connectivity index (χ1v) is 13.1. The van der Waals surface area contributed by atoms with Gasteiger partial charge in [-0.1, -0.05) is 48.5 Å². The fraction of sp³-hybridized carbons (Fsp3) is 0.276. The summed E-state index contributed by atoms with van der Waals surface area (Å²) in [7, 11) is 0. The summed E-state index contributed by atoms with van der Waals surface area (Å²) in [5, 5.41) is 9.93. The highest BCUT2D eigenvalue weighted by atomic mass is 32.2. The minimum atomic E-state index is -0.866. The van der Waals surface area contributed by atoms with Gasteiger partial charge in [0.15, 0.2) is 0 Å². The summed E-state index contributed by atoms with van der Waals surface area (Å²) >= 11 is 1.66. The first-order chi connectivity index (χ1) is 17.4. The van der Waals surface area contributed by atoms with Crippen LogP contribution in [0.5, 0.6) is 0 Å². The average molecular weight is 504 g/mol. The van der Waals surface area contributed by atoms with E-state index in [0.717, 1.165) is 35.3 Å². The van der Waals surface area contributed by atoms with Gasteiger partial charge in [0, 0.05) is 11.8 Å². The van der Waals surface area contributed by atoms with E-state index < -0.39 is 11.9 Å². The first kappa shape index (κ1) is 24.3. The van der Waals surface area contributed by atoms with Crippen LogP contribution in [0.25, 0.3) is 11.1 Å². The number of carboxylic acids is 1. The predicted octanol–water partition coefficient (Wildman–Crippen LogP) is 5.54. The van der Waals surface area contributed by atoms with Gasteiger partial charge in [-0.25, -0.2) is 4.39 Å². The van der Waals surface area contributed by atoms with E-state index in [-0.39, 0.29) is 35.3 Å². The molecule has 3 aromatic rings. The number of imide groups is 1. The number of amides is 2. The number of hydrogen-bond acceptors (Lipinski definition) is 4. The summed E-state index contributed by atoms with van der Waals surface area (Å²) in [6.45, 7) is 0.144. The van der Waals surface area contributed by atoms with Crippen molar-refractivity contribution in [2.75, 3.05) is 12.3 Å². The Morgan fingerprint density at radius 1 is 0.889 bits per heavy atom. The molecular formula is C29H26FNO4S. The third-order valence-electron chi connectivity index (χ3n) is 7.16. The Bertz CT molecular complexity index is 1260. The van der Waals surface area contributed by atoms with E-state index in [9.17, 15) is 23.9 Å². The fourth-order valence-electron chi connectivity index (χ4n) is 5.27. The van der Waals surface area contributed by atoms with Crippen molar-refractivity contribution in [1.29, 1.82) is 0 Å². The molecule has 5 rings (SSSR count).